The number of benzene rings is 3. The zero-order chi connectivity index (χ0) is 33.0. The van der Waals surface area contributed by atoms with Gasteiger partial charge in [-0.25, -0.2) is 14.4 Å². The van der Waals surface area contributed by atoms with Crippen LogP contribution in [-0.2, 0) is 37.6 Å². The van der Waals surface area contributed by atoms with Crippen LogP contribution >= 0.6 is 0 Å². The van der Waals surface area contributed by atoms with Gasteiger partial charge in [-0.05, 0) is 48.5 Å². The molecule has 3 rings (SSSR count). The minimum absolute atomic E-state index is 0.251. The number of nitrogens with one attached hydrogen (secondary N) is 1. The summed E-state index contributed by atoms with van der Waals surface area (Å²) in [7, 11) is 0. The van der Waals surface area contributed by atoms with Crippen LogP contribution in [0.2, 0.25) is 0 Å². The van der Waals surface area contributed by atoms with E-state index in [0.717, 1.165) is 42.5 Å². The SMILES string of the molecule is O=C(O[C@@H](C(=O)O)[C@@H](OC(=O)c1cccc(C(F)(F)F)c1)C(=O)Nc1ccccc1C(F)(F)F)c1cccc(C(F)(F)F)c1. The number of ether oxygens (including phenoxy) is 2. The monoisotopic (exact) mass is 637 g/mol. The summed E-state index contributed by atoms with van der Waals surface area (Å²) in [6.45, 7) is 0. The van der Waals surface area contributed by atoms with E-state index in [4.69, 9.17) is 4.74 Å². The lowest BCUT2D eigenvalue weighted by Crippen LogP contribution is -2.48. The summed E-state index contributed by atoms with van der Waals surface area (Å²) < 4.78 is 128. The molecule has 44 heavy (non-hydrogen) atoms. The fourth-order valence-electron chi connectivity index (χ4n) is 3.55. The number of carbonyl (C=O) groups excluding carboxylic acids is 3. The number of aliphatic carboxylic acids is 1. The van der Waals surface area contributed by atoms with Gasteiger partial charge >= 0.3 is 36.4 Å². The predicted octanol–water partition coefficient (Wildman–Crippen LogP) is 6.22. The molecule has 17 heteroatoms. The average molecular weight is 637 g/mol. The van der Waals surface area contributed by atoms with Crippen molar-refractivity contribution in [3.8, 4) is 0 Å². The van der Waals surface area contributed by atoms with Crippen molar-refractivity contribution in [2.24, 2.45) is 0 Å². The Morgan fingerprint density at radius 1 is 0.614 bits per heavy atom. The summed E-state index contributed by atoms with van der Waals surface area (Å²) in [5.74, 6) is -7.73. The number of hydrogen-bond acceptors (Lipinski definition) is 6. The molecule has 3 aromatic rings. The molecule has 1 amide bonds. The molecule has 3 aromatic carbocycles. The molecule has 2 atom stereocenters. The van der Waals surface area contributed by atoms with Gasteiger partial charge < -0.3 is 19.9 Å². The molecule has 0 aliphatic carbocycles. The number of anilines is 1. The van der Waals surface area contributed by atoms with Crippen molar-refractivity contribution >= 4 is 29.5 Å². The second-order valence-corrected chi connectivity index (χ2v) is 8.68. The Morgan fingerprint density at radius 2 is 1.07 bits per heavy atom. The molecule has 0 radical (unpaired) electrons. The summed E-state index contributed by atoms with van der Waals surface area (Å²) >= 11 is 0. The van der Waals surface area contributed by atoms with Gasteiger partial charge in [0.25, 0.3) is 5.91 Å². The first-order valence-corrected chi connectivity index (χ1v) is 11.8. The first-order chi connectivity index (χ1) is 20.3. The molecule has 0 fully saturated rings. The molecule has 0 aliphatic heterocycles. The molecular weight excluding hydrogens is 621 g/mol. The zero-order valence-electron chi connectivity index (χ0n) is 21.4. The lowest BCUT2D eigenvalue weighted by atomic mass is 10.1. The van der Waals surface area contributed by atoms with Gasteiger partial charge in [0, 0.05) is 0 Å². The van der Waals surface area contributed by atoms with E-state index in [2.05, 4.69) is 4.74 Å². The van der Waals surface area contributed by atoms with Gasteiger partial charge in [-0.15, -0.1) is 0 Å². The number of carboxylic acids is 1. The quantitative estimate of drug-likeness (QED) is 0.223. The number of carbonyl (C=O) groups is 4. The van der Waals surface area contributed by atoms with E-state index in [1.165, 1.54) is 0 Å². The van der Waals surface area contributed by atoms with Crippen molar-refractivity contribution in [1.82, 2.24) is 0 Å². The first kappa shape index (κ1) is 33.4. The lowest BCUT2D eigenvalue weighted by molar-refractivity contribution is -0.157. The molecule has 0 unspecified atom stereocenters. The molecule has 2 N–H and O–H groups in total. The summed E-state index contributed by atoms with van der Waals surface area (Å²) in [6, 6.07) is 7.82. The number of hydrogen-bond donors (Lipinski definition) is 2. The molecule has 0 heterocycles. The maximum Gasteiger partial charge on any atom is 0.418 e. The van der Waals surface area contributed by atoms with Gasteiger partial charge in [0.1, 0.15) is 0 Å². The van der Waals surface area contributed by atoms with Crippen LogP contribution in [0.25, 0.3) is 0 Å². The van der Waals surface area contributed by atoms with Crippen molar-refractivity contribution in [3.05, 3.63) is 101 Å². The number of rotatable bonds is 8. The van der Waals surface area contributed by atoms with E-state index in [1.807, 2.05) is 0 Å². The Hall–Kier alpha value is -5.09. The van der Waals surface area contributed by atoms with E-state index in [-0.39, 0.29) is 12.1 Å². The number of carboxylic acid groups (broad SMARTS) is 1. The van der Waals surface area contributed by atoms with E-state index in [9.17, 15) is 63.8 Å². The minimum Gasteiger partial charge on any atom is -0.478 e. The smallest absolute Gasteiger partial charge is 0.418 e. The van der Waals surface area contributed by atoms with E-state index in [1.54, 1.807) is 5.32 Å². The number of para-hydroxylation sites is 1. The van der Waals surface area contributed by atoms with Crippen LogP contribution in [-0.4, -0.2) is 41.1 Å². The normalized spacial score (nSPS) is 13.4. The Balaban J connectivity index is 2.03. The number of halogens is 9. The zero-order valence-corrected chi connectivity index (χ0v) is 21.4. The van der Waals surface area contributed by atoms with Gasteiger partial charge in [0.15, 0.2) is 0 Å². The van der Waals surface area contributed by atoms with Crippen LogP contribution in [0.1, 0.15) is 37.4 Å². The molecule has 0 saturated heterocycles. The predicted molar refractivity (Wildman–Crippen MR) is 129 cm³/mol. The number of amides is 1. The first-order valence-electron chi connectivity index (χ1n) is 11.8. The molecule has 0 saturated carbocycles. The van der Waals surface area contributed by atoms with Crippen LogP contribution in [0.5, 0.6) is 0 Å². The Bertz CT molecular complexity index is 1570. The Labute approximate surface area is 240 Å². The van der Waals surface area contributed by atoms with Crippen LogP contribution < -0.4 is 5.32 Å². The largest absolute Gasteiger partial charge is 0.478 e. The van der Waals surface area contributed by atoms with Crippen molar-refractivity contribution in [3.63, 3.8) is 0 Å². The Morgan fingerprint density at radius 3 is 1.50 bits per heavy atom. The van der Waals surface area contributed by atoms with Crippen LogP contribution in [0.15, 0.2) is 72.8 Å². The second kappa shape index (κ2) is 12.6. The highest BCUT2D eigenvalue weighted by atomic mass is 19.4. The van der Waals surface area contributed by atoms with Crippen molar-refractivity contribution in [2.45, 2.75) is 30.7 Å². The fourth-order valence-corrected chi connectivity index (χ4v) is 3.55. The average Bonchev–Trinajstić information content (AvgIpc) is 2.93. The fraction of sp³-hybridized carbons (Fsp3) is 0.185. The van der Waals surface area contributed by atoms with Crippen molar-refractivity contribution in [1.29, 1.82) is 0 Å². The van der Waals surface area contributed by atoms with Crippen LogP contribution in [0, 0.1) is 0 Å². The maximum absolute atomic E-state index is 13.5. The highest BCUT2D eigenvalue weighted by molar-refractivity contribution is 6.02. The van der Waals surface area contributed by atoms with Gasteiger partial charge in [0.2, 0.25) is 12.2 Å². The molecule has 0 aromatic heterocycles. The second-order valence-electron chi connectivity index (χ2n) is 8.68. The van der Waals surface area contributed by atoms with Crippen molar-refractivity contribution < 1.29 is 73.3 Å². The lowest BCUT2D eigenvalue weighted by Gasteiger charge is -2.24. The standard InChI is InChI=1S/C27H16F9NO7/c28-25(29,30)15-7-3-5-13(11-15)23(41)43-19(21(38)37-18-10-2-1-9-17(18)27(34,35)36)20(22(39)40)44-24(42)14-6-4-8-16(12-14)26(31,32)33/h1-12,19-20H,(H,37,38)(H,39,40)/t19-,20-/m1/s1. The van der Waals surface area contributed by atoms with E-state index >= 15 is 0 Å². The van der Waals surface area contributed by atoms with Gasteiger partial charge in [-0.1, -0.05) is 24.3 Å². The van der Waals surface area contributed by atoms with E-state index < -0.39 is 88.1 Å². The number of alkyl halides is 9. The van der Waals surface area contributed by atoms with Gasteiger partial charge in [-0.2, -0.15) is 39.5 Å². The topological polar surface area (TPSA) is 119 Å². The summed E-state index contributed by atoms with van der Waals surface area (Å²) in [5.41, 5.74) is -6.98. The van der Waals surface area contributed by atoms with Crippen molar-refractivity contribution in [2.75, 3.05) is 5.32 Å². The molecule has 234 valence electrons. The van der Waals surface area contributed by atoms with Crippen LogP contribution in [0.3, 0.4) is 0 Å². The third kappa shape index (κ3) is 8.26. The van der Waals surface area contributed by atoms with Crippen LogP contribution in [0.4, 0.5) is 45.2 Å². The summed E-state index contributed by atoms with van der Waals surface area (Å²) in [4.78, 5) is 50.5. The molecule has 0 spiro atoms. The third-order valence-corrected chi connectivity index (χ3v) is 5.59. The third-order valence-electron chi connectivity index (χ3n) is 5.59. The summed E-state index contributed by atoms with van der Waals surface area (Å²) in [5, 5.41) is 11.4. The maximum atomic E-state index is 13.5. The highest BCUT2D eigenvalue weighted by Crippen LogP contribution is 2.35. The highest BCUT2D eigenvalue weighted by Gasteiger charge is 2.43. The van der Waals surface area contributed by atoms with Gasteiger partial charge in [0.05, 0.1) is 33.5 Å². The van der Waals surface area contributed by atoms with Gasteiger partial charge in [-0.3, -0.25) is 4.79 Å². The minimum atomic E-state index is -5.07. The van der Waals surface area contributed by atoms with E-state index in [0.29, 0.717) is 18.2 Å². The molecule has 8 nitrogen and oxygen atoms in total. The number of esters is 2. The molecular formula is C27H16F9NO7. The molecule has 0 aliphatic rings. The summed E-state index contributed by atoms with van der Waals surface area (Å²) in [6.07, 6.45) is -20.8. The Kier molecular flexibility index (Phi) is 9.60. The molecule has 0 bridgehead atoms.